The molecule has 0 radical (unpaired) electrons. The maximum absolute atomic E-state index is 12.4. The molecule has 6 nitrogen and oxygen atoms in total. The number of benzene rings is 2. The smallest absolute Gasteiger partial charge is 0.312 e. The molecule has 6 heteroatoms. The van der Waals surface area contributed by atoms with Gasteiger partial charge in [0.2, 0.25) is 5.91 Å². The molecular formula is C25H35NO5. The highest BCUT2D eigenvalue weighted by atomic mass is 16.9. The average Bonchev–Trinajstić information content (AvgIpc) is 2.67. The van der Waals surface area contributed by atoms with E-state index in [4.69, 9.17) is 18.9 Å². The summed E-state index contributed by atoms with van der Waals surface area (Å²) < 4.78 is 23.5. The van der Waals surface area contributed by atoms with Crippen LogP contribution in [0.15, 0.2) is 48.5 Å². The van der Waals surface area contributed by atoms with E-state index in [9.17, 15) is 4.79 Å². The van der Waals surface area contributed by atoms with Crippen LogP contribution in [0.25, 0.3) is 0 Å². The number of nitrogens with one attached hydrogen (secondary N) is 1. The number of carbonyl (C=O) groups is 1. The Morgan fingerprint density at radius 2 is 1.29 bits per heavy atom. The van der Waals surface area contributed by atoms with Crippen molar-refractivity contribution < 1.29 is 23.7 Å². The molecule has 170 valence electrons. The normalized spacial score (nSPS) is 11.9. The summed E-state index contributed by atoms with van der Waals surface area (Å²) in [4.78, 5) is 12.4. The van der Waals surface area contributed by atoms with Gasteiger partial charge in [-0.15, -0.1) is 0 Å². The topological polar surface area (TPSA) is 66.0 Å². The number of anilines is 1. The molecule has 0 heterocycles. The molecule has 2 aromatic rings. The molecule has 0 spiro atoms. The lowest BCUT2D eigenvalue weighted by Gasteiger charge is -2.38. The highest BCUT2D eigenvalue weighted by molar-refractivity contribution is 5.92. The molecule has 31 heavy (non-hydrogen) atoms. The van der Waals surface area contributed by atoms with Gasteiger partial charge in [-0.3, -0.25) is 4.79 Å². The number of amides is 1. The molecule has 0 aromatic heterocycles. The SMILES string of the molecule is COc1ccc(CC(=O)Nc2ccc(C(OC(C)C)(OC(C)C)OC(C)C)cc2)cc1. The van der Waals surface area contributed by atoms with Crippen molar-refractivity contribution in [3.05, 3.63) is 59.7 Å². The molecule has 0 fully saturated rings. The van der Waals surface area contributed by atoms with Crippen LogP contribution in [-0.2, 0) is 31.4 Å². The standard InChI is InChI=1S/C25H35NO5/c1-17(2)29-25(30-18(3)4,31-19(5)6)21-10-12-22(13-11-21)26-24(27)16-20-8-14-23(28-7)15-9-20/h8-15,17-19H,16H2,1-7H3,(H,26,27). The lowest BCUT2D eigenvalue weighted by molar-refractivity contribution is -0.422. The Kier molecular flexibility index (Phi) is 9.04. The number of ether oxygens (including phenoxy) is 4. The molecule has 2 aromatic carbocycles. The van der Waals surface area contributed by atoms with Crippen molar-refractivity contribution in [2.24, 2.45) is 0 Å². The molecule has 0 saturated carbocycles. The van der Waals surface area contributed by atoms with Crippen molar-refractivity contribution in [3.8, 4) is 5.75 Å². The lowest BCUT2D eigenvalue weighted by Crippen LogP contribution is -2.42. The number of methoxy groups -OCH3 is 1. The molecule has 0 aliphatic rings. The van der Waals surface area contributed by atoms with Crippen molar-refractivity contribution in [3.63, 3.8) is 0 Å². The molecule has 0 aliphatic carbocycles. The van der Waals surface area contributed by atoms with Crippen LogP contribution in [0.2, 0.25) is 0 Å². The molecule has 0 saturated heterocycles. The fraction of sp³-hybridized carbons (Fsp3) is 0.480. The highest BCUT2D eigenvalue weighted by Gasteiger charge is 2.39. The minimum atomic E-state index is -1.32. The van der Waals surface area contributed by atoms with Crippen LogP contribution < -0.4 is 10.1 Å². The van der Waals surface area contributed by atoms with Crippen LogP contribution in [0.4, 0.5) is 5.69 Å². The third kappa shape index (κ3) is 7.65. The van der Waals surface area contributed by atoms with Crippen LogP contribution >= 0.6 is 0 Å². The Morgan fingerprint density at radius 1 is 0.806 bits per heavy atom. The monoisotopic (exact) mass is 429 g/mol. The number of carbonyl (C=O) groups excluding carboxylic acids is 1. The summed E-state index contributed by atoms with van der Waals surface area (Å²) in [6.07, 6.45) is -0.0527. The zero-order valence-corrected chi connectivity index (χ0v) is 19.6. The van der Waals surface area contributed by atoms with Gasteiger partial charge < -0.3 is 24.3 Å². The first kappa shape index (κ1) is 24.9. The summed E-state index contributed by atoms with van der Waals surface area (Å²) in [7, 11) is 1.62. The second kappa shape index (κ2) is 11.3. The first-order valence-corrected chi connectivity index (χ1v) is 10.7. The Hall–Kier alpha value is -2.41. The van der Waals surface area contributed by atoms with Gasteiger partial charge in [0.1, 0.15) is 5.75 Å². The summed E-state index contributed by atoms with van der Waals surface area (Å²) in [6, 6.07) is 14.8. The summed E-state index contributed by atoms with van der Waals surface area (Å²) in [5.41, 5.74) is 2.33. The van der Waals surface area contributed by atoms with Crippen molar-refractivity contribution in [2.45, 2.75) is 72.2 Å². The fourth-order valence-electron chi connectivity index (χ4n) is 3.11. The lowest BCUT2D eigenvalue weighted by atomic mass is 10.1. The summed E-state index contributed by atoms with van der Waals surface area (Å²) in [6.45, 7) is 11.6. The second-order valence-electron chi connectivity index (χ2n) is 8.21. The molecule has 0 atom stereocenters. The molecule has 0 bridgehead atoms. The highest BCUT2D eigenvalue weighted by Crippen LogP contribution is 2.34. The summed E-state index contributed by atoms with van der Waals surface area (Å²) in [5.74, 6) is -0.652. The Morgan fingerprint density at radius 3 is 1.71 bits per heavy atom. The van der Waals surface area contributed by atoms with Gasteiger partial charge in [-0.1, -0.05) is 12.1 Å². The van der Waals surface area contributed by atoms with E-state index in [0.717, 1.165) is 16.9 Å². The molecule has 0 unspecified atom stereocenters. The Labute approximate surface area is 185 Å². The zero-order valence-electron chi connectivity index (χ0n) is 19.6. The van der Waals surface area contributed by atoms with E-state index in [1.165, 1.54) is 0 Å². The van der Waals surface area contributed by atoms with Crippen LogP contribution in [0.3, 0.4) is 0 Å². The number of hydrogen-bond acceptors (Lipinski definition) is 5. The molecule has 1 N–H and O–H groups in total. The van der Waals surface area contributed by atoms with Gasteiger partial charge in [-0.25, -0.2) is 0 Å². The third-order valence-electron chi connectivity index (χ3n) is 4.22. The number of hydrogen-bond donors (Lipinski definition) is 1. The average molecular weight is 430 g/mol. The molecule has 2 rings (SSSR count). The van der Waals surface area contributed by atoms with Crippen molar-refractivity contribution in [1.82, 2.24) is 0 Å². The van der Waals surface area contributed by atoms with Crippen LogP contribution in [0.5, 0.6) is 5.75 Å². The predicted molar refractivity (Wildman–Crippen MR) is 122 cm³/mol. The first-order valence-electron chi connectivity index (χ1n) is 10.7. The molecule has 0 aliphatic heterocycles. The van der Waals surface area contributed by atoms with E-state index < -0.39 is 5.97 Å². The van der Waals surface area contributed by atoms with Crippen LogP contribution in [0.1, 0.15) is 52.7 Å². The fourth-order valence-corrected chi connectivity index (χ4v) is 3.11. The largest absolute Gasteiger partial charge is 0.497 e. The maximum Gasteiger partial charge on any atom is 0.312 e. The van der Waals surface area contributed by atoms with Crippen molar-refractivity contribution >= 4 is 11.6 Å². The van der Waals surface area contributed by atoms with Gasteiger partial charge in [-0.2, -0.15) is 0 Å². The number of rotatable bonds is 11. The Bertz CT molecular complexity index is 786. The minimum Gasteiger partial charge on any atom is -0.497 e. The first-order chi connectivity index (χ1) is 14.6. The van der Waals surface area contributed by atoms with E-state index in [1.807, 2.05) is 90.1 Å². The van der Waals surface area contributed by atoms with E-state index in [0.29, 0.717) is 5.69 Å². The summed E-state index contributed by atoms with van der Waals surface area (Å²) in [5, 5.41) is 2.93. The van der Waals surface area contributed by atoms with Gasteiger partial charge in [0.05, 0.1) is 31.8 Å². The quantitative estimate of drug-likeness (QED) is 0.494. The molecular weight excluding hydrogens is 394 g/mol. The zero-order chi connectivity index (χ0) is 23.0. The van der Waals surface area contributed by atoms with Gasteiger partial charge in [0.15, 0.2) is 0 Å². The van der Waals surface area contributed by atoms with Crippen molar-refractivity contribution in [1.29, 1.82) is 0 Å². The third-order valence-corrected chi connectivity index (χ3v) is 4.22. The van der Waals surface area contributed by atoms with Gasteiger partial charge in [0.25, 0.3) is 0 Å². The van der Waals surface area contributed by atoms with E-state index in [1.54, 1.807) is 7.11 Å². The Balaban J connectivity index is 2.16. The van der Waals surface area contributed by atoms with Crippen LogP contribution in [-0.4, -0.2) is 31.3 Å². The van der Waals surface area contributed by atoms with E-state index in [2.05, 4.69) is 5.32 Å². The van der Waals surface area contributed by atoms with Gasteiger partial charge in [0, 0.05) is 11.3 Å². The maximum atomic E-state index is 12.4. The van der Waals surface area contributed by atoms with Gasteiger partial charge in [-0.05, 0) is 83.5 Å². The van der Waals surface area contributed by atoms with Gasteiger partial charge >= 0.3 is 5.97 Å². The predicted octanol–water partition coefficient (Wildman–Crippen LogP) is 5.26. The minimum absolute atomic E-state index is 0.0977. The summed E-state index contributed by atoms with van der Waals surface area (Å²) >= 11 is 0. The second-order valence-corrected chi connectivity index (χ2v) is 8.21. The van der Waals surface area contributed by atoms with E-state index >= 15 is 0 Å². The van der Waals surface area contributed by atoms with Crippen LogP contribution in [0, 0.1) is 0 Å². The molecule has 1 amide bonds. The van der Waals surface area contributed by atoms with E-state index in [-0.39, 0.29) is 30.6 Å². The van der Waals surface area contributed by atoms with Crippen molar-refractivity contribution in [2.75, 3.05) is 12.4 Å².